The Bertz CT molecular complexity index is 1230. The van der Waals surface area contributed by atoms with Gasteiger partial charge in [0.1, 0.15) is 17.3 Å². The summed E-state index contributed by atoms with van der Waals surface area (Å²) in [5.74, 6) is -0.161. The number of para-hydroxylation sites is 1. The minimum absolute atomic E-state index is 0.0582. The van der Waals surface area contributed by atoms with Crippen molar-refractivity contribution in [3.63, 3.8) is 0 Å². The van der Waals surface area contributed by atoms with Gasteiger partial charge in [-0.1, -0.05) is 30.3 Å². The van der Waals surface area contributed by atoms with Crippen LogP contribution in [-0.2, 0) is 16.0 Å². The van der Waals surface area contributed by atoms with E-state index in [2.05, 4.69) is 0 Å². The number of fused-ring (bicyclic) bond motifs is 1. The number of anilines is 1. The summed E-state index contributed by atoms with van der Waals surface area (Å²) in [6.07, 6.45) is 0.733. The molecule has 0 radical (unpaired) electrons. The summed E-state index contributed by atoms with van der Waals surface area (Å²) < 4.78 is 10.8. The molecule has 0 aliphatic carbocycles. The summed E-state index contributed by atoms with van der Waals surface area (Å²) >= 11 is 0. The smallest absolute Gasteiger partial charge is 0.300 e. The number of carbonyl (C=O) groups is 2. The number of benzene rings is 3. The predicted octanol–water partition coefficient (Wildman–Crippen LogP) is 4.26. The van der Waals surface area contributed by atoms with Gasteiger partial charge in [0.25, 0.3) is 11.7 Å². The Hall–Kier alpha value is -4.06. The van der Waals surface area contributed by atoms with Crippen molar-refractivity contribution in [2.75, 3.05) is 18.6 Å². The van der Waals surface area contributed by atoms with Crippen LogP contribution in [0.25, 0.3) is 5.76 Å². The zero-order valence-corrected chi connectivity index (χ0v) is 17.4. The number of Topliss-reactive ketones (excluding diaryl/α,β-unsaturated/α-hetero) is 1. The molecule has 1 amide bonds. The lowest BCUT2D eigenvalue weighted by molar-refractivity contribution is -0.132. The van der Waals surface area contributed by atoms with Crippen molar-refractivity contribution in [1.82, 2.24) is 0 Å². The molecule has 1 N–H and O–H groups in total. The first kappa shape index (κ1) is 19.9. The molecular formula is C26H21NO5. The van der Waals surface area contributed by atoms with Gasteiger partial charge in [0.2, 0.25) is 0 Å². The van der Waals surface area contributed by atoms with Crippen molar-refractivity contribution >= 4 is 23.1 Å². The van der Waals surface area contributed by atoms with E-state index in [4.69, 9.17) is 9.47 Å². The van der Waals surface area contributed by atoms with E-state index in [1.54, 1.807) is 67.8 Å². The fourth-order valence-corrected chi connectivity index (χ4v) is 4.28. The van der Waals surface area contributed by atoms with Crippen LogP contribution in [0.15, 0.2) is 78.4 Å². The highest BCUT2D eigenvalue weighted by molar-refractivity contribution is 6.51. The fraction of sp³-hybridized carbons (Fsp3) is 0.154. The van der Waals surface area contributed by atoms with Crippen molar-refractivity contribution in [2.45, 2.75) is 12.5 Å². The Labute approximate surface area is 185 Å². The SMILES string of the molecule is COc1ccc(C2/C(=C(/O)c3ccc4c(c3)CCO4)C(=O)C(=O)N2c2ccccc2)cc1. The van der Waals surface area contributed by atoms with Gasteiger partial charge in [-0.05, 0) is 53.6 Å². The zero-order valence-electron chi connectivity index (χ0n) is 17.4. The molecule has 160 valence electrons. The van der Waals surface area contributed by atoms with Gasteiger partial charge in [-0.25, -0.2) is 0 Å². The van der Waals surface area contributed by atoms with Crippen LogP contribution in [0.4, 0.5) is 5.69 Å². The van der Waals surface area contributed by atoms with Crippen molar-refractivity contribution in [3.05, 3.63) is 95.1 Å². The van der Waals surface area contributed by atoms with E-state index >= 15 is 0 Å². The number of hydrogen-bond acceptors (Lipinski definition) is 5. The number of ether oxygens (including phenoxy) is 2. The lowest BCUT2D eigenvalue weighted by Gasteiger charge is -2.25. The van der Waals surface area contributed by atoms with Gasteiger partial charge in [-0.15, -0.1) is 0 Å². The Balaban J connectivity index is 1.69. The van der Waals surface area contributed by atoms with E-state index in [1.807, 2.05) is 12.1 Å². The molecule has 0 aromatic heterocycles. The van der Waals surface area contributed by atoms with Crippen LogP contribution >= 0.6 is 0 Å². The van der Waals surface area contributed by atoms with Gasteiger partial charge in [0, 0.05) is 17.7 Å². The maximum atomic E-state index is 13.2. The standard InChI is InChI=1S/C26H21NO5/c1-31-20-10-7-16(8-11-20)23-22(24(28)18-9-12-21-17(15-18)13-14-32-21)25(29)26(30)27(23)19-5-3-2-4-6-19/h2-12,15,23,28H,13-14H2,1H3/b24-22-. The summed E-state index contributed by atoms with van der Waals surface area (Å²) in [4.78, 5) is 27.8. The predicted molar refractivity (Wildman–Crippen MR) is 120 cm³/mol. The molecular weight excluding hydrogens is 406 g/mol. The third kappa shape index (κ3) is 3.21. The third-order valence-electron chi connectivity index (χ3n) is 5.87. The minimum Gasteiger partial charge on any atom is -0.507 e. The summed E-state index contributed by atoms with van der Waals surface area (Å²) in [5, 5.41) is 11.3. The van der Waals surface area contributed by atoms with Crippen LogP contribution in [0.5, 0.6) is 11.5 Å². The van der Waals surface area contributed by atoms with E-state index in [1.165, 1.54) is 4.90 Å². The number of carbonyl (C=O) groups excluding carboxylic acids is 2. The first-order valence-electron chi connectivity index (χ1n) is 10.3. The molecule has 1 saturated heterocycles. The molecule has 6 nitrogen and oxygen atoms in total. The molecule has 0 spiro atoms. The highest BCUT2D eigenvalue weighted by atomic mass is 16.5. The fourth-order valence-electron chi connectivity index (χ4n) is 4.28. The second-order valence-corrected chi connectivity index (χ2v) is 7.70. The van der Waals surface area contributed by atoms with Crippen LogP contribution in [0.2, 0.25) is 0 Å². The molecule has 2 aliphatic heterocycles. The molecule has 2 heterocycles. The molecule has 1 fully saturated rings. The molecule has 3 aromatic carbocycles. The Morgan fingerprint density at radius 3 is 2.50 bits per heavy atom. The van der Waals surface area contributed by atoms with Gasteiger partial charge in [0.15, 0.2) is 0 Å². The number of aliphatic hydroxyl groups is 1. The average molecular weight is 427 g/mol. The van der Waals surface area contributed by atoms with Crippen molar-refractivity contribution < 1.29 is 24.2 Å². The van der Waals surface area contributed by atoms with Crippen molar-refractivity contribution in [2.24, 2.45) is 0 Å². The van der Waals surface area contributed by atoms with Gasteiger partial charge < -0.3 is 14.6 Å². The summed E-state index contributed by atoms with van der Waals surface area (Å²) in [7, 11) is 1.57. The second kappa shape index (κ2) is 7.89. The number of hydrogen-bond donors (Lipinski definition) is 1. The molecule has 5 rings (SSSR count). The Morgan fingerprint density at radius 2 is 1.78 bits per heavy atom. The molecule has 3 aromatic rings. The topological polar surface area (TPSA) is 76.1 Å². The first-order valence-corrected chi connectivity index (χ1v) is 10.3. The maximum Gasteiger partial charge on any atom is 0.300 e. The Morgan fingerprint density at radius 1 is 1.03 bits per heavy atom. The number of nitrogens with zero attached hydrogens (tertiary/aromatic N) is 1. The summed E-state index contributed by atoms with van der Waals surface area (Å²) in [6, 6.07) is 20.7. The molecule has 2 aliphatic rings. The minimum atomic E-state index is -0.771. The highest BCUT2D eigenvalue weighted by Crippen LogP contribution is 2.42. The maximum absolute atomic E-state index is 13.2. The molecule has 32 heavy (non-hydrogen) atoms. The summed E-state index contributed by atoms with van der Waals surface area (Å²) in [5.41, 5.74) is 2.78. The number of methoxy groups -OCH3 is 1. The van der Waals surface area contributed by atoms with Crippen LogP contribution in [0, 0.1) is 0 Å². The van der Waals surface area contributed by atoms with E-state index in [0.717, 1.165) is 17.7 Å². The molecule has 1 atom stereocenters. The van der Waals surface area contributed by atoms with Gasteiger partial charge >= 0.3 is 0 Å². The van der Waals surface area contributed by atoms with Crippen LogP contribution in [-0.4, -0.2) is 30.5 Å². The third-order valence-corrected chi connectivity index (χ3v) is 5.87. The van der Waals surface area contributed by atoms with Gasteiger partial charge in [-0.3, -0.25) is 14.5 Å². The van der Waals surface area contributed by atoms with Crippen LogP contribution < -0.4 is 14.4 Å². The molecule has 0 bridgehead atoms. The number of amides is 1. The molecule has 6 heteroatoms. The number of rotatable bonds is 4. The Kier molecular flexibility index (Phi) is 4.90. The number of ketones is 1. The van der Waals surface area contributed by atoms with E-state index in [-0.39, 0.29) is 11.3 Å². The molecule has 0 saturated carbocycles. The normalized spacial score (nSPS) is 19.0. The molecule has 1 unspecified atom stereocenters. The van der Waals surface area contributed by atoms with Crippen LogP contribution in [0.1, 0.15) is 22.7 Å². The van der Waals surface area contributed by atoms with Gasteiger partial charge in [-0.2, -0.15) is 0 Å². The van der Waals surface area contributed by atoms with Crippen molar-refractivity contribution in [1.29, 1.82) is 0 Å². The average Bonchev–Trinajstić information content (AvgIpc) is 3.41. The van der Waals surface area contributed by atoms with Crippen molar-refractivity contribution in [3.8, 4) is 11.5 Å². The summed E-state index contributed by atoms with van der Waals surface area (Å²) in [6.45, 7) is 0.587. The number of aliphatic hydroxyl groups excluding tert-OH is 1. The van der Waals surface area contributed by atoms with E-state index < -0.39 is 17.7 Å². The highest BCUT2D eigenvalue weighted by Gasteiger charge is 2.47. The quantitative estimate of drug-likeness (QED) is 0.383. The largest absolute Gasteiger partial charge is 0.507 e. The lowest BCUT2D eigenvalue weighted by atomic mass is 9.94. The first-order chi connectivity index (χ1) is 15.6. The van der Waals surface area contributed by atoms with E-state index in [9.17, 15) is 14.7 Å². The van der Waals surface area contributed by atoms with Gasteiger partial charge in [0.05, 0.1) is 25.3 Å². The van der Waals surface area contributed by atoms with Crippen LogP contribution in [0.3, 0.4) is 0 Å². The monoisotopic (exact) mass is 427 g/mol. The lowest BCUT2D eigenvalue weighted by Crippen LogP contribution is -2.29. The second-order valence-electron chi connectivity index (χ2n) is 7.70. The zero-order chi connectivity index (χ0) is 22.2. The van der Waals surface area contributed by atoms with E-state index in [0.29, 0.717) is 29.2 Å².